The first kappa shape index (κ1) is 13.4. The molecule has 0 bridgehead atoms. The van der Waals surface area contributed by atoms with E-state index in [0.29, 0.717) is 11.1 Å². The summed E-state index contributed by atoms with van der Waals surface area (Å²) in [5.74, 6) is -0.600. The van der Waals surface area contributed by atoms with Gasteiger partial charge in [0.25, 0.3) is 0 Å². The molecular formula is C16H16FNO. The van der Waals surface area contributed by atoms with E-state index >= 15 is 0 Å². The molecule has 2 rings (SSSR count). The summed E-state index contributed by atoms with van der Waals surface area (Å²) in [6.45, 7) is 1.99. The van der Waals surface area contributed by atoms with Crippen LogP contribution in [-0.2, 0) is 0 Å². The van der Waals surface area contributed by atoms with E-state index in [9.17, 15) is 9.18 Å². The van der Waals surface area contributed by atoms with Crippen molar-refractivity contribution in [3.63, 3.8) is 0 Å². The van der Waals surface area contributed by atoms with Crippen LogP contribution in [0.1, 0.15) is 40.9 Å². The monoisotopic (exact) mass is 257 g/mol. The number of carbonyl (C=O) groups excluding carboxylic acids is 1. The molecule has 2 N–H and O–H groups in total. The molecule has 0 saturated heterocycles. The predicted octanol–water partition coefficient (Wildman–Crippen LogP) is 3.47. The van der Waals surface area contributed by atoms with Crippen molar-refractivity contribution >= 4 is 5.78 Å². The third-order valence-electron chi connectivity index (χ3n) is 3.10. The number of hydrogen-bond donors (Lipinski definition) is 1. The van der Waals surface area contributed by atoms with E-state index in [-0.39, 0.29) is 11.8 Å². The number of hydrogen-bond acceptors (Lipinski definition) is 2. The van der Waals surface area contributed by atoms with Gasteiger partial charge in [0.2, 0.25) is 0 Å². The zero-order valence-electron chi connectivity index (χ0n) is 10.8. The lowest BCUT2D eigenvalue weighted by Crippen LogP contribution is -2.10. The van der Waals surface area contributed by atoms with Gasteiger partial charge in [0.15, 0.2) is 5.78 Å². The van der Waals surface area contributed by atoms with E-state index in [1.807, 2.05) is 13.0 Å². The number of rotatable bonds is 4. The topological polar surface area (TPSA) is 43.1 Å². The Labute approximate surface area is 112 Å². The van der Waals surface area contributed by atoms with Crippen LogP contribution < -0.4 is 5.73 Å². The highest BCUT2D eigenvalue weighted by atomic mass is 19.1. The fourth-order valence-corrected chi connectivity index (χ4v) is 1.94. The van der Waals surface area contributed by atoms with Crippen LogP contribution in [0.15, 0.2) is 48.5 Å². The van der Waals surface area contributed by atoms with Gasteiger partial charge in [-0.15, -0.1) is 0 Å². The molecule has 0 aliphatic carbocycles. The van der Waals surface area contributed by atoms with Gasteiger partial charge in [0.1, 0.15) is 5.82 Å². The second kappa shape index (κ2) is 5.76. The third-order valence-corrected chi connectivity index (χ3v) is 3.10. The number of carbonyl (C=O) groups is 1. The van der Waals surface area contributed by atoms with E-state index < -0.39 is 5.82 Å². The number of halogens is 1. The molecular weight excluding hydrogens is 241 g/mol. The van der Waals surface area contributed by atoms with E-state index in [0.717, 1.165) is 12.0 Å². The minimum absolute atomic E-state index is 0.0831. The van der Waals surface area contributed by atoms with Crippen molar-refractivity contribution in [3.05, 3.63) is 71.0 Å². The van der Waals surface area contributed by atoms with Crippen LogP contribution in [0.25, 0.3) is 0 Å². The highest BCUT2D eigenvalue weighted by Gasteiger charge is 2.11. The van der Waals surface area contributed by atoms with Crippen LogP contribution in [0.2, 0.25) is 0 Å². The Morgan fingerprint density at radius 2 is 1.79 bits per heavy atom. The number of benzene rings is 2. The van der Waals surface area contributed by atoms with Crippen LogP contribution in [-0.4, -0.2) is 5.78 Å². The summed E-state index contributed by atoms with van der Waals surface area (Å²) in [6, 6.07) is 12.8. The van der Waals surface area contributed by atoms with Gasteiger partial charge in [-0.3, -0.25) is 4.79 Å². The first-order valence-corrected chi connectivity index (χ1v) is 6.27. The average Bonchev–Trinajstić information content (AvgIpc) is 2.45. The fraction of sp³-hybridized carbons (Fsp3) is 0.188. The molecule has 0 aliphatic heterocycles. The van der Waals surface area contributed by atoms with Gasteiger partial charge in [0, 0.05) is 17.2 Å². The molecule has 2 nitrogen and oxygen atoms in total. The maximum absolute atomic E-state index is 13.1. The fourth-order valence-electron chi connectivity index (χ4n) is 1.94. The Hall–Kier alpha value is -2.00. The minimum Gasteiger partial charge on any atom is -0.324 e. The molecule has 3 heteroatoms. The van der Waals surface area contributed by atoms with Crippen LogP contribution >= 0.6 is 0 Å². The lowest BCUT2D eigenvalue weighted by Gasteiger charge is -2.10. The van der Waals surface area contributed by atoms with Crippen molar-refractivity contribution in [1.29, 1.82) is 0 Å². The molecule has 0 aromatic heterocycles. The van der Waals surface area contributed by atoms with E-state index in [4.69, 9.17) is 5.73 Å². The molecule has 1 atom stereocenters. The first-order valence-electron chi connectivity index (χ1n) is 6.27. The van der Waals surface area contributed by atoms with E-state index in [1.54, 1.807) is 24.3 Å². The van der Waals surface area contributed by atoms with Gasteiger partial charge >= 0.3 is 0 Å². The van der Waals surface area contributed by atoms with E-state index in [1.165, 1.54) is 18.2 Å². The van der Waals surface area contributed by atoms with Gasteiger partial charge in [-0.25, -0.2) is 4.39 Å². The Bertz CT molecular complexity index is 595. The van der Waals surface area contributed by atoms with Crippen LogP contribution in [0.4, 0.5) is 4.39 Å². The molecule has 2 aromatic rings. The predicted molar refractivity (Wildman–Crippen MR) is 73.5 cm³/mol. The Morgan fingerprint density at radius 1 is 1.16 bits per heavy atom. The molecule has 0 saturated carbocycles. The van der Waals surface area contributed by atoms with Crippen LogP contribution in [0, 0.1) is 5.82 Å². The summed E-state index contributed by atoms with van der Waals surface area (Å²) in [7, 11) is 0. The van der Waals surface area contributed by atoms with E-state index in [2.05, 4.69) is 0 Å². The summed E-state index contributed by atoms with van der Waals surface area (Å²) < 4.78 is 13.1. The SMILES string of the molecule is CCC(N)c1cccc(C(=O)c2cccc(F)c2)c1. The lowest BCUT2D eigenvalue weighted by molar-refractivity contribution is 0.103. The summed E-state index contributed by atoms with van der Waals surface area (Å²) in [5, 5.41) is 0. The molecule has 0 heterocycles. The quantitative estimate of drug-likeness (QED) is 0.852. The highest BCUT2D eigenvalue weighted by molar-refractivity contribution is 6.09. The van der Waals surface area contributed by atoms with Crippen LogP contribution in [0.5, 0.6) is 0 Å². The van der Waals surface area contributed by atoms with Gasteiger partial charge in [-0.1, -0.05) is 37.3 Å². The van der Waals surface area contributed by atoms with Gasteiger partial charge in [-0.2, -0.15) is 0 Å². The maximum atomic E-state index is 13.1. The Kier molecular flexibility index (Phi) is 4.07. The van der Waals surface area contributed by atoms with Crippen molar-refractivity contribution < 1.29 is 9.18 Å². The van der Waals surface area contributed by atoms with Crippen molar-refractivity contribution in [2.45, 2.75) is 19.4 Å². The first-order chi connectivity index (χ1) is 9.11. The number of ketones is 1. The number of nitrogens with two attached hydrogens (primary N) is 1. The maximum Gasteiger partial charge on any atom is 0.193 e. The molecule has 19 heavy (non-hydrogen) atoms. The Morgan fingerprint density at radius 3 is 2.42 bits per heavy atom. The smallest absolute Gasteiger partial charge is 0.193 e. The minimum atomic E-state index is -0.410. The zero-order chi connectivity index (χ0) is 13.8. The second-order valence-corrected chi connectivity index (χ2v) is 4.48. The largest absolute Gasteiger partial charge is 0.324 e. The summed E-state index contributed by atoms with van der Waals surface area (Å²) in [4.78, 5) is 12.3. The molecule has 0 fully saturated rings. The molecule has 2 aromatic carbocycles. The van der Waals surface area contributed by atoms with Crippen molar-refractivity contribution in [2.75, 3.05) is 0 Å². The standard InChI is InChI=1S/C16H16FNO/c1-2-15(18)11-5-3-6-12(9-11)16(19)13-7-4-8-14(17)10-13/h3-10,15H,2,18H2,1H3. The molecule has 1 unspecified atom stereocenters. The lowest BCUT2D eigenvalue weighted by atomic mass is 9.98. The van der Waals surface area contributed by atoms with Crippen molar-refractivity contribution in [2.24, 2.45) is 5.73 Å². The molecule has 0 radical (unpaired) electrons. The summed E-state index contributed by atoms with van der Waals surface area (Å²) >= 11 is 0. The highest BCUT2D eigenvalue weighted by Crippen LogP contribution is 2.18. The van der Waals surface area contributed by atoms with Crippen LogP contribution in [0.3, 0.4) is 0 Å². The van der Waals surface area contributed by atoms with Crippen molar-refractivity contribution in [3.8, 4) is 0 Å². The molecule has 0 amide bonds. The Balaban J connectivity index is 2.34. The summed E-state index contributed by atoms with van der Waals surface area (Å²) in [6.07, 6.45) is 0.803. The van der Waals surface area contributed by atoms with Gasteiger partial charge < -0.3 is 5.73 Å². The average molecular weight is 257 g/mol. The second-order valence-electron chi connectivity index (χ2n) is 4.48. The molecule has 98 valence electrons. The normalized spacial score (nSPS) is 12.2. The van der Waals surface area contributed by atoms with Crippen molar-refractivity contribution in [1.82, 2.24) is 0 Å². The van der Waals surface area contributed by atoms with Gasteiger partial charge in [-0.05, 0) is 30.2 Å². The van der Waals surface area contributed by atoms with Gasteiger partial charge in [0.05, 0.1) is 0 Å². The molecule has 0 spiro atoms. The third kappa shape index (κ3) is 3.06. The zero-order valence-corrected chi connectivity index (χ0v) is 10.8. The summed E-state index contributed by atoms with van der Waals surface area (Å²) in [5.41, 5.74) is 7.76. The molecule has 0 aliphatic rings.